The number of methoxy groups -OCH3 is 1. The lowest BCUT2D eigenvalue weighted by Crippen LogP contribution is -2.32. The number of nitrogens with zero attached hydrogens (tertiary/aromatic N) is 2. The summed E-state index contributed by atoms with van der Waals surface area (Å²) in [4.78, 5) is 31.3. The van der Waals surface area contributed by atoms with Crippen LogP contribution in [0, 0.1) is 0 Å². The summed E-state index contributed by atoms with van der Waals surface area (Å²) in [5.74, 6) is 0.949. The van der Waals surface area contributed by atoms with Gasteiger partial charge in [0, 0.05) is 11.4 Å². The third kappa shape index (κ3) is 5.40. The highest BCUT2D eigenvalue weighted by molar-refractivity contribution is 7.18. The first-order chi connectivity index (χ1) is 16.1. The van der Waals surface area contributed by atoms with Crippen molar-refractivity contribution < 1.29 is 14.3 Å². The van der Waals surface area contributed by atoms with E-state index in [-0.39, 0.29) is 18.0 Å². The van der Waals surface area contributed by atoms with Crippen LogP contribution in [0.2, 0.25) is 0 Å². The van der Waals surface area contributed by atoms with Gasteiger partial charge in [-0.15, -0.1) is 11.3 Å². The van der Waals surface area contributed by atoms with Crippen molar-refractivity contribution in [2.75, 3.05) is 7.11 Å². The molecule has 33 heavy (non-hydrogen) atoms. The van der Waals surface area contributed by atoms with Crippen LogP contribution < -0.4 is 20.3 Å². The third-order valence-electron chi connectivity index (χ3n) is 5.19. The number of hydrogen-bond donors (Lipinski definition) is 1. The Labute approximate surface area is 195 Å². The number of carbonyl (C=O) groups excluding carboxylic acids is 1. The molecule has 2 heterocycles. The minimum atomic E-state index is -0.271. The van der Waals surface area contributed by atoms with E-state index in [4.69, 9.17) is 9.47 Å². The predicted octanol–water partition coefficient (Wildman–Crippen LogP) is 3.92. The Morgan fingerprint density at radius 1 is 1.09 bits per heavy atom. The second kappa shape index (κ2) is 10.3. The molecule has 0 bridgehead atoms. The second-order valence-electron chi connectivity index (χ2n) is 7.50. The van der Waals surface area contributed by atoms with Crippen molar-refractivity contribution in [2.45, 2.75) is 33.0 Å². The number of benzene rings is 2. The molecule has 2 aromatic heterocycles. The number of hydrogen-bond acceptors (Lipinski definition) is 6. The van der Waals surface area contributed by atoms with Crippen LogP contribution in [-0.4, -0.2) is 22.6 Å². The Balaban J connectivity index is 1.37. The molecule has 0 aliphatic carbocycles. The number of carbonyl (C=O) groups is 1. The van der Waals surface area contributed by atoms with Crippen molar-refractivity contribution in [3.8, 4) is 11.5 Å². The van der Waals surface area contributed by atoms with Crippen LogP contribution in [0.5, 0.6) is 11.5 Å². The number of aryl methyl sites for hydroxylation is 1. The molecule has 0 fully saturated rings. The lowest BCUT2D eigenvalue weighted by Gasteiger charge is -2.13. The lowest BCUT2D eigenvalue weighted by atomic mass is 10.2. The Kier molecular flexibility index (Phi) is 7.04. The van der Waals surface area contributed by atoms with Crippen molar-refractivity contribution in [3.05, 3.63) is 87.3 Å². The molecule has 0 saturated carbocycles. The third-order valence-corrected chi connectivity index (χ3v) is 6.37. The standard InChI is InChI=1S/C25H25N3O4S/c1-3-19-12-20-24(33-19)27-16-28(25(20)30)14-23(29)26-13-18-9-10-21(22(11-18)31-2)32-15-17-7-5-4-6-8-17/h4-12,16H,3,13-15H2,1-2H3,(H,26,29). The van der Waals surface area contributed by atoms with E-state index in [1.54, 1.807) is 7.11 Å². The van der Waals surface area contributed by atoms with Crippen molar-refractivity contribution in [3.63, 3.8) is 0 Å². The maximum atomic E-state index is 12.7. The van der Waals surface area contributed by atoms with Crippen molar-refractivity contribution >= 4 is 27.5 Å². The van der Waals surface area contributed by atoms with Gasteiger partial charge in [-0.1, -0.05) is 43.3 Å². The van der Waals surface area contributed by atoms with Gasteiger partial charge in [-0.25, -0.2) is 4.98 Å². The fourth-order valence-corrected chi connectivity index (χ4v) is 4.31. The highest BCUT2D eigenvalue weighted by Crippen LogP contribution is 2.29. The van der Waals surface area contributed by atoms with Crippen LogP contribution in [0.3, 0.4) is 0 Å². The molecule has 0 aliphatic rings. The fourth-order valence-electron chi connectivity index (χ4n) is 3.38. The SMILES string of the molecule is CCc1cc2c(=O)n(CC(=O)NCc3ccc(OCc4ccccc4)c(OC)c3)cnc2s1. The Bertz CT molecular complexity index is 1310. The summed E-state index contributed by atoms with van der Waals surface area (Å²) in [5.41, 5.74) is 1.72. The summed E-state index contributed by atoms with van der Waals surface area (Å²) < 4.78 is 12.7. The maximum absolute atomic E-state index is 12.7. The van der Waals surface area contributed by atoms with Gasteiger partial charge in [-0.3, -0.25) is 14.2 Å². The molecule has 0 radical (unpaired) electrons. The topological polar surface area (TPSA) is 82.5 Å². The van der Waals surface area contributed by atoms with Gasteiger partial charge in [-0.05, 0) is 35.7 Å². The summed E-state index contributed by atoms with van der Waals surface area (Å²) in [6, 6.07) is 17.3. The first-order valence-electron chi connectivity index (χ1n) is 10.7. The van der Waals surface area contributed by atoms with Crippen molar-refractivity contribution in [2.24, 2.45) is 0 Å². The zero-order valence-electron chi connectivity index (χ0n) is 18.5. The number of aromatic nitrogens is 2. The van der Waals surface area contributed by atoms with Crippen molar-refractivity contribution in [1.82, 2.24) is 14.9 Å². The first-order valence-corrected chi connectivity index (χ1v) is 11.5. The molecule has 0 unspecified atom stereocenters. The minimum absolute atomic E-state index is 0.0888. The van der Waals surface area contributed by atoms with Gasteiger partial charge in [0.15, 0.2) is 11.5 Å². The van der Waals surface area contributed by atoms with E-state index < -0.39 is 0 Å². The normalized spacial score (nSPS) is 10.8. The quantitative estimate of drug-likeness (QED) is 0.407. The minimum Gasteiger partial charge on any atom is -0.493 e. The van der Waals surface area contributed by atoms with Gasteiger partial charge >= 0.3 is 0 Å². The summed E-state index contributed by atoms with van der Waals surface area (Å²) in [6.45, 7) is 2.68. The molecular weight excluding hydrogens is 438 g/mol. The summed E-state index contributed by atoms with van der Waals surface area (Å²) in [5, 5.41) is 3.41. The predicted molar refractivity (Wildman–Crippen MR) is 129 cm³/mol. The number of ether oxygens (including phenoxy) is 2. The second-order valence-corrected chi connectivity index (χ2v) is 8.61. The molecule has 170 valence electrons. The molecule has 1 amide bonds. The molecule has 8 heteroatoms. The van der Waals surface area contributed by atoms with Gasteiger partial charge in [-0.2, -0.15) is 0 Å². The van der Waals surface area contributed by atoms with E-state index in [0.717, 1.165) is 22.4 Å². The number of thiophene rings is 1. The number of amides is 1. The van der Waals surface area contributed by atoms with E-state index in [1.807, 2.05) is 61.5 Å². The van der Waals surface area contributed by atoms with Crippen molar-refractivity contribution in [1.29, 1.82) is 0 Å². The zero-order chi connectivity index (χ0) is 23.2. The van der Waals surface area contributed by atoms with E-state index in [2.05, 4.69) is 10.3 Å². The number of fused-ring (bicyclic) bond motifs is 1. The fraction of sp³-hybridized carbons (Fsp3) is 0.240. The lowest BCUT2D eigenvalue weighted by molar-refractivity contribution is -0.121. The molecule has 4 rings (SSSR count). The summed E-state index contributed by atoms with van der Waals surface area (Å²) in [6.07, 6.45) is 2.28. The van der Waals surface area contributed by atoms with Crippen LogP contribution in [-0.2, 0) is 30.9 Å². The van der Waals surface area contributed by atoms with Crippen LogP contribution in [0.25, 0.3) is 10.2 Å². The van der Waals surface area contributed by atoms with Crippen LogP contribution in [0.1, 0.15) is 22.9 Å². The van der Waals surface area contributed by atoms with Crippen LogP contribution in [0.15, 0.2) is 65.7 Å². The average molecular weight is 464 g/mol. The molecule has 7 nitrogen and oxygen atoms in total. The molecule has 0 saturated heterocycles. The first kappa shape index (κ1) is 22.5. The molecular formula is C25H25N3O4S. The van der Waals surface area contributed by atoms with Gasteiger partial charge in [0.1, 0.15) is 18.0 Å². The van der Waals surface area contributed by atoms with Crippen LogP contribution >= 0.6 is 11.3 Å². The highest BCUT2D eigenvalue weighted by Gasteiger charge is 2.12. The summed E-state index contributed by atoms with van der Waals surface area (Å²) in [7, 11) is 1.58. The largest absolute Gasteiger partial charge is 0.493 e. The average Bonchev–Trinajstić information content (AvgIpc) is 3.28. The molecule has 1 N–H and O–H groups in total. The summed E-state index contributed by atoms with van der Waals surface area (Å²) >= 11 is 1.51. The molecule has 4 aromatic rings. The Morgan fingerprint density at radius 2 is 1.91 bits per heavy atom. The van der Waals surface area contributed by atoms with E-state index in [1.165, 1.54) is 22.2 Å². The number of rotatable bonds is 9. The monoisotopic (exact) mass is 463 g/mol. The highest BCUT2D eigenvalue weighted by atomic mass is 32.1. The van der Waals surface area contributed by atoms with E-state index in [0.29, 0.717) is 34.9 Å². The zero-order valence-corrected chi connectivity index (χ0v) is 19.4. The Morgan fingerprint density at radius 3 is 2.67 bits per heavy atom. The van der Waals surface area contributed by atoms with Gasteiger partial charge in [0.05, 0.1) is 18.8 Å². The van der Waals surface area contributed by atoms with Gasteiger partial charge in [0.25, 0.3) is 5.56 Å². The van der Waals surface area contributed by atoms with E-state index >= 15 is 0 Å². The molecule has 2 aromatic carbocycles. The smallest absolute Gasteiger partial charge is 0.262 e. The van der Waals surface area contributed by atoms with Gasteiger partial charge in [0.2, 0.25) is 5.91 Å². The molecule has 0 atom stereocenters. The maximum Gasteiger partial charge on any atom is 0.262 e. The Hall–Kier alpha value is -3.65. The molecule has 0 aliphatic heterocycles. The molecule has 0 spiro atoms. The van der Waals surface area contributed by atoms with E-state index in [9.17, 15) is 9.59 Å². The van der Waals surface area contributed by atoms with Gasteiger partial charge < -0.3 is 14.8 Å². The van der Waals surface area contributed by atoms with Crippen LogP contribution in [0.4, 0.5) is 0 Å². The number of nitrogens with one attached hydrogen (secondary N) is 1.